The third-order valence-electron chi connectivity index (χ3n) is 4.72. The van der Waals surface area contributed by atoms with Crippen LogP contribution >= 0.6 is 0 Å². The molecule has 1 rings (SSSR count). The second-order valence-corrected chi connectivity index (χ2v) is 8.37. The van der Waals surface area contributed by atoms with Crippen molar-refractivity contribution in [1.82, 2.24) is 10.2 Å². The summed E-state index contributed by atoms with van der Waals surface area (Å²) < 4.78 is 0. The lowest BCUT2D eigenvalue weighted by Crippen LogP contribution is -2.49. The summed E-state index contributed by atoms with van der Waals surface area (Å²) in [7, 11) is 0. The molecule has 1 fully saturated rings. The molecule has 2 unspecified atom stereocenters. The lowest BCUT2D eigenvalue weighted by atomic mass is 9.69. The van der Waals surface area contributed by atoms with Crippen LogP contribution in [-0.4, -0.2) is 47.8 Å². The fraction of sp³-hybridized carbons (Fsp3) is 1.00. The van der Waals surface area contributed by atoms with Crippen LogP contribution in [0.15, 0.2) is 0 Å². The molecule has 3 nitrogen and oxygen atoms in total. The average Bonchev–Trinajstić information content (AvgIpc) is 2.34. The molecular weight excluding hydrogens is 260 g/mol. The molecule has 2 N–H and O–H groups in total. The first kappa shape index (κ1) is 18.9. The van der Waals surface area contributed by atoms with E-state index in [2.05, 4.69) is 37.9 Å². The molecule has 1 aliphatic carbocycles. The number of nitrogens with one attached hydrogen (secondary N) is 1. The molecular formula is C18H38N2O. The Morgan fingerprint density at radius 1 is 1.29 bits per heavy atom. The third kappa shape index (κ3) is 7.12. The number of nitrogens with zero attached hydrogens (tertiary/aromatic N) is 1. The van der Waals surface area contributed by atoms with Gasteiger partial charge >= 0.3 is 0 Å². The van der Waals surface area contributed by atoms with E-state index in [0.29, 0.717) is 17.4 Å². The summed E-state index contributed by atoms with van der Waals surface area (Å²) in [5.74, 6) is 0.697. The molecule has 0 aromatic rings. The van der Waals surface area contributed by atoms with Gasteiger partial charge in [-0.2, -0.15) is 0 Å². The smallest absolute Gasteiger partial charge is 0.0718 e. The van der Waals surface area contributed by atoms with Crippen LogP contribution in [0.25, 0.3) is 0 Å². The van der Waals surface area contributed by atoms with E-state index in [1.165, 1.54) is 25.7 Å². The number of aliphatic hydroxyl groups is 1. The molecule has 0 radical (unpaired) electrons. The van der Waals surface area contributed by atoms with E-state index in [1.807, 2.05) is 13.8 Å². The lowest BCUT2D eigenvalue weighted by molar-refractivity contribution is 0.0213. The molecule has 1 saturated carbocycles. The average molecular weight is 299 g/mol. The molecule has 0 heterocycles. The van der Waals surface area contributed by atoms with Crippen LogP contribution in [0, 0.1) is 11.3 Å². The summed E-state index contributed by atoms with van der Waals surface area (Å²) in [6.07, 6.45) is 5.10. The molecule has 2 atom stereocenters. The molecule has 126 valence electrons. The minimum absolute atomic E-state index is 0.462. The SMILES string of the molecule is CCCNC1CCC(C)(C)CC1CN(CC)CC(C)(C)O. The Morgan fingerprint density at radius 3 is 2.48 bits per heavy atom. The molecule has 21 heavy (non-hydrogen) atoms. The van der Waals surface area contributed by atoms with Crippen molar-refractivity contribution in [2.75, 3.05) is 26.2 Å². The van der Waals surface area contributed by atoms with Crippen LogP contribution in [0.1, 0.15) is 67.2 Å². The van der Waals surface area contributed by atoms with Crippen LogP contribution in [-0.2, 0) is 0 Å². The van der Waals surface area contributed by atoms with Gasteiger partial charge in [-0.3, -0.25) is 0 Å². The fourth-order valence-corrected chi connectivity index (χ4v) is 3.71. The van der Waals surface area contributed by atoms with Crippen LogP contribution in [0.5, 0.6) is 0 Å². The van der Waals surface area contributed by atoms with E-state index in [9.17, 15) is 5.11 Å². The zero-order valence-electron chi connectivity index (χ0n) is 15.2. The Morgan fingerprint density at radius 2 is 1.95 bits per heavy atom. The first-order valence-corrected chi connectivity index (χ1v) is 8.85. The minimum Gasteiger partial charge on any atom is -0.389 e. The molecule has 3 heteroatoms. The van der Waals surface area contributed by atoms with Crippen LogP contribution in [0.2, 0.25) is 0 Å². The molecule has 0 saturated heterocycles. The van der Waals surface area contributed by atoms with Crippen molar-refractivity contribution in [3.8, 4) is 0 Å². The Kier molecular flexibility index (Phi) is 7.15. The molecule has 0 bridgehead atoms. The van der Waals surface area contributed by atoms with Crippen molar-refractivity contribution in [3.05, 3.63) is 0 Å². The quantitative estimate of drug-likeness (QED) is 0.722. The summed E-state index contributed by atoms with van der Waals surface area (Å²) in [5.41, 5.74) is -0.143. The Labute approximate surface area is 132 Å². The number of hydrogen-bond acceptors (Lipinski definition) is 3. The third-order valence-corrected chi connectivity index (χ3v) is 4.72. The molecule has 0 amide bonds. The second kappa shape index (κ2) is 7.94. The maximum atomic E-state index is 10.1. The van der Waals surface area contributed by atoms with Crippen molar-refractivity contribution in [2.45, 2.75) is 78.9 Å². The maximum absolute atomic E-state index is 10.1. The molecule has 0 spiro atoms. The van der Waals surface area contributed by atoms with Crippen LogP contribution in [0.3, 0.4) is 0 Å². The van der Waals surface area contributed by atoms with Crippen molar-refractivity contribution in [1.29, 1.82) is 0 Å². The van der Waals surface area contributed by atoms with Crippen molar-refractivity contribution in [2.24, 2.45) is 11.3 Å². The molecule has 1 aliphatic rings. The van der Waals surface area contributed by atoms with E-state index in [-0.39, 0.29) is 0 Å². The van der Waals surface area contributed by atoms with E-state index in [1.54, 1.807) is 0 Å². The monoisotopic (exact) mass is 298 g/mol. The van der Waals surface area contributed by atoms with E-state index >= 15 is 0 Å². The van der Waals surface area contributed by atoms with Gasteiger partial charge in [0, 0.05) is 19.1 Å². The van der Waals surface area contributed by atoms with Gasteiger partial charge in [-0.05, 0) is 64.0 Å². The van der Waals surface area contributed by atoms with Crippen molar-refractivity contribution < 1.29 is 5.11 Å². The van der Waals surface area contributed by atoms with Crippen LogP contribution < -0.4 is 5.32 Å². The summed E-state index contributed by atoms with van der Waals surface area (Å²) in [4.78, 5) is 2.42. The van der Waals surface area contributed by atoms with Gasteiger partial charge in [0.2, 0.25) is 0 Å². The molecule has 0 aliphatic heterocycles. The van der Waals surface area contributed by atoms with Gasteiger partial charge in [0.1, 0.15) is 0 Å². The van der Waals surface area contributed by atoms with Crippen LogP contribution in [0.4, 0.5) is 0 Å². The van der Waals surface area contributed by atoms with Gasteiger partial charge in [-0.25, -0.2) is 0 Å². The standard InChI is InChI=1S/C18H38N2O/c1-7-11-19-16-9-10-17(3,4)12-15(16)13-20(8-2)14-18(5,6)21/h15-16,19,21H,7-14H2,1-6H3. The van der Waals surface area contributed by atoms with Crippen molar-refractivity contribution in [3.63, 3.8) is 0 Å². The highest BCUT2D eigenvalue weighted by atomic mass is 16.3. The van der Waals surface area contributed by atoms with Gasteiger partial charge in [0.05, 0.1) is 5.60 Å². The predicted molar refractivity (Wildman–Crippen MR) is 91.6 cm³/mol. The predicted octanol–water partition coefficient (Wildman–Crippen LogP) is 3.27. The second-order valence-electron chi connectivity index (χ2n) is 8.37. The first-order chi connectivity index (χ1) is 9.67. The zero-order chi connectivity index (χ0) is 16.1. The summed E-state index contributed by atoms with van der Waals surface area (Å²) >= 11 is 0. The number of rotatable bonds is 8. The van der Waals surface area contributed by atoms with E-state index in [4.69, 9.17) is 0 Å². The summed E-state index contributed by atoms with van der Waals surface area (Å²) in [5, 5.41) is 13.9. The van der Waals surface area contributed by atoms with E-state index in [0.717, 1.165) is 26.2 Å². The van der Waals surface area contributed by atoms with E-state index < -0.39 is 5.60 Å². The Bertz CT molecular complexity index is 296. The topological polar surface area (TPSA) is 35.5 Å². The summed E-state index contributed by atoms with van der Waals surface area (Å²) in [6, 6.07) is 0.647. The van der Waals surface area contributed by atoms with Gasteiger partial charge in [-0.15, -0.1) is 0 Å². The largest absolute Gasteiger partial charge is 0.389 e. The van der Waals surface area contributed by atoms with Gasteiger partial charge in [-0.1, -0.05) is 27.7 Å². The number of likely N-dealkylation sites (N-methyl/N-ethyl adjacent to an activating group) is 1. The highest BCUT2D eigenvalue weighted by molar-refractivity contribution is 4.90. The van der Waals surface area contributed by atoms with Gasteiger partial charge in [0.15, 0.2) is 0 Å². The fourth-order valence-electron chi connectivity index (χ4n) is 3.71. The molecule has 0 aromatic carbocycles. The lowest BCUT2D eigenvalue weighted by Gasteiger charge is -2.43. The highest BCUT2D eigenvalue weighted by Crippen LogP contribution is 2.39. The Hall–Kier alpha value is -0.120. The highest BCUT2D eigenvalue weighted by Gasteiger charge is 2.35. The first-order valence-electron chi connectivity index (χ1n) is 8.85. The van der Waals surface area contributed by atoms with Crippen molar-refractivity contribution >= 4 is 0 Å². The minimum atomic E-state index is -0.605. The molecule has 0 aromatic heterocycles. The maximum Gasteiger partial charge on any atom is 0.0718 e. The van der Waals surface area contributed by atoms with Gasteiger partial charge < -0.3 is 15.3 Å². The summed E-state index contributed by atoms with van der Waals surface area (Å²) in [6.45, 7) is 17.1. The zero-order valence-corrected chi connectivity index (χ0v) is 15.2. The number of hydrogen-bond donors (Lipinski definition) is 2. The normalized spacial score (nSPS) is 26.3. The van der Waals surface area contributed by atoms with Gasteiger partial charge in [0.25, 0.3) is 0 Å². The Balaban J connectivity index is 2.67.